The molecule has 0 atom stereocenters. The van der Waals surface area contributed by atoms with Gasteiger partial charge in [0, 0.05) is 12.0 Å². The Hall–Kier alpha value is -2.24. The predicted octanol–water partition coefficient (Wildman–Crippen LogP) is 2.16. The van der Waals surface area contributed by atoms with Crippen LogP contribution < -0.4 is 5.56 Å². The van der Waals surface area contributed by atoms with E-state index in [1.165, 1.54) is 6.07 Å². The van der Waals surface area contributed by atoms with Crippen LogP contribution in [0.4, 0.5) is 0 Å². The van der Waals surface area contributed by atoms with E-state index < -0.39 is 0 Å². The number of hydrogen-bond acceptors (Lipinski definition) is 4. The standard InChI is InChI=1S/C15H19N5O/c1-15(2,3)20-9-12(18-19-20)7-6-11-8-13(21)17-14(16-11)10-4-5-10/h6-10H,4-5H2,1-3H3,(H,16,17,21). The van der Waals surface area contributed by atoms with Gasteiger partial charge in [-0.15, -0.1) is 5.10 Å². The summed E-state index contributed by atoms with van der Waals surface area (Å²) in [5, 5.41) is 8.20. The second kappa shape index (κ2) is 4.95. The molecule has 110 valence electrons. The third-order valence-corrected chi connectivity index (χ3v) is 3.37. The van der Waals surface area contributed by atoms with Crippen molar-refractivity contribution >= 4 is 12.2 Å². The van der Waals surface area contributed by atoms with Gasteiger partial charge in [-0.1, -0.05) is 5.21 Å². The number of nitrogens with zero attached hydrogens (tertiary/aromatic N) is 4. The molecule has 0 unspecified atom stereocenters. The molecule has 21 heavy (non-hydrogen) atoms. The Morgan fingerprint density at radius 2 is 2.00 bits per heavy atom. The first kappa shape index (κ1) is 13.7. The molecule has 1 N–H and O–H groups in total. The van der Waals surface area contributed by atoms with Gasteiger partial charge in [0.2, 0.25) is 0 Å². The van der Waals surface area contributed by atoms with E-state index in [2.05, 4.69) is 41.1 Å². The Balaban J connectivity index is 1.82. The maximum absolute atomic E-state index is 11.6. The summed E-state index contributed by atoms with van der Waals surface area (Å²) in [6, 6.07) is 1.50. The highest BCUT2D eigenvalue weighted by atomic mass is 16.1. The Labute approximate surface area is 122 Å². The molecule has 0 amide bonds. The predicted molar refractivity (Wildman–Crippen MR) is 80.8 cm³/mol. The molecule has 0 spiro atoms. The molecule has 0 saturated heterocycles. The molecule has 2 aromatic rings. The normalized spacial score (nSPS) is 15.8. The van der Waals surface area contributed by atoms with Gasteiger partial charge in [0.15, 0.2) is 0 Å². The third-order valence-electron chi connectivity index (χ3n) is 3.37. The number of rotatable bonds is 3. The summed E-state index contributed by atoms with van der Waals surface area (Å²) in [6.07, 6.45) is 7.73. The van der Waals surface area contributed by atoms with Crippen LogP contribution in [0.1, 0.15) is 56.7 Å². The highest BCUT2D eigenvalue weighted by molar-refractivity contribution is 5.65. The fourth-order valence-corrected chi connectivity index (χ4v) is 1.98. The van der Waals surface area contributed by atoms with Crippen molar-refractivity contribution in [3.8, 4) is 0 Å². The number of aromatic amines is 1. The van der Waals surface area contributed by atoms with Crippen LogP contribution in [0, 0.1) is 0 Å². The van der Waals surface area contributed by atoms with Gasteiger partial charge in [-0.25, -0.2) is 9.67 Å². The molecule has 1 aliphatic rings. The summed E-state index contributed by atoms with van der Waals surface area (Å²) < 4.78 is 1.81. The Morgan fingerprint density at radius 1 is 1.29 bits per heavy atom. The van der Waals surface area contributed by atoms with Gasteiger partial charge in [-0.2, -0.15) is 0 Å². The van der Waals surface area contributed by atoms with Crippen LogP contribution in [0.15, 0.2) is 17.1 Å². The summed E-state index contributed by atoms with van der Waals surface area (Å²) >= 11 is 0. The van der Waals surface area contributed by atoms with Gasteiger partial charge < -0.3 is 4.98 Å². The maximum Gasteiger partial charge on any atom is 0.251 e. The van der Waals surface area contributed by atoms with Gasteiger partial charge in [-0.3, -0.25) is 4.79 Å². The van der Waals surface area contributed by atoms with Gasteiger partial charge in [0.25, 0.3) is 5.56 Å². The molecule has 0 bridgehead atoms. The van der Waals surface area contributed by atoms with E-state index in [4.69, 9.17) is 0 Å². The molecule has 1 fully saturated rings. The topological polar surface area (TPSA) is 76.5 Å². The Morgan fingerprint density at radius 3 is 2.62 bits per heavy atom. The van der Waals surface area contributed by atoms with Gasteiger partial charge in [-0.05, 0) is 45.8 Å². The van der Waals surface area contributed by atoms with Crippen molar-refractivity contribution in [1.29, 1.82) is 0 Å². The molecular weight excluding hydrogens is 266 g/mol. The third kappa shape index (κ3) is 3.26. The summed E-state index contributed by atoms with van der Waals surface area (Å²) in [7, 11) is 0. The van der Waals surface area contributed by atoms with E-state index in [1.54, 1.807) is 6.08 Å². The first-order valence-electron chi connectivity index (χ1n) is 7.14. The average molecular weight is 285 g/mol. The zero-order valence-electron chi connectivity index (χ0n) is 12.5. The van der Waals surface area contributed by atoms with E-state index in [0.29, 0.717) is 11.6 Å². The minimum atomic E-state index is -0.107. The SMILES string of the molecule is CC(C)(C)n1cc(C=Cc2cc(=O)[nH]c(C3CC3)n2)nn1. The second-order valence-corrected chi connectivity index (χ2v) is 6.42. The molecule has 0 aromatic carbocycles. The van der Waals surface area contributed by atoms with Gasteiger partial charge >= 0.3 is 0 Å². The summed E-state index contributed by atoms with van der Waals surface area (Å²) in [4.78, 5) is 18.9. The number of hydrogen-bond donors (Lipinski definition) is 1. The quantitative estimate of drug-likeness (QED) is 0.937. The lowest BCUT2D eigenvalue weighted by atomic mass is 10.1. The van der Waals surface area contributed by atoms with E-state index in [1.807, 2.05) is 17.0 Å². The first-order chi connectivity index (χ1) is 9.91. The van der Waals surface area contributed by atoms with Gasteiger partial charge in [0.05, 0.1) is 17.4 Å². The molecule has 2 aromatic heterocycles. The summed E-state index contributed by atoms with van der Waals surface area (Å²) in [6.45, 7) is 6.19. The van der Waals surface area contributed by atoms with Crippen molar-refractivity contribution in [2.45, 2.75) is 45.1 Å². The molecular formula is C15H19N5O. The average Bonchev–Trinajstić information content (AvgIpc) is 3.13. The van der Waals surface area contributed by atoms with Crippen LogP contribution in [-0.2, 0) is 5.54 Å². The van der Waals surface area contributed by atoms with Crippen LogP contribution in [-0.4, -0.2) is 25.0 Å². The monoisotopic (exact) mass is 285 g/mol. The zero-order chi connectivity index (χ0) is 15.0. The first-order valence-corrected chi connectivity index (χ1v) is 7.14. The molecule has 1 aliphatic carbocycles. The minimum Gasteiger partial charge on any atom is -0.310 e. The highest BCUT2D eigenvalue weighted by Crippen LogP contribution is 2.37. The fourth-order valence-electron chi connectivity index (χ4n) is 1.98. The minimum absolute atomic E-state index is 0.0968. The Kier molecular flexibility index (Phi) is 3.23. The maximum atomic E-state index is 11.6. The summed E-state index contributed by atoms with van der Waals surface area (Å²) in [5.41, 5.74) is 1.20. The van der Waals surface area contributed by atoms with E-state index in [9.17, 15) is 4.79 Å². The molecule has 6 nitrogen and oxygen atoms in total. The summed E-state index contributed by atoms with van der Waals surface area (Å²) in [5.74, 6) is 1.22. The highest BCUT2D eigenvalue weighted by Gasteiger charge is 2.26. The number of nitrogens with one attached hydrogen (secondary N) is 1. The number of H-pyrrole nitrogens is 1. The van der Waals surface area contributed by atoms with Crippen molar-refractivity contribution in [2.75, 3.05) is 0 Å². The molecule has 6 heteroatoms. The molecule has 0 aliphatic heterocycles. The Bertz CT molecular complexity index is 731. The van der Waals surface area contributed by atoms with Gasteiger partial charge in [0.1, 0.15) is 11.5 Å². The van der Waals surface area contributed by atoms with Crippen LogP contribution in [0.3, 0.4) is 0 Å². The largest absolute Gasteiger partial charge is 0.310 e. The molecule has 3 rings (SSSR count). The smallest absolute Gasteiger partial charge is 0.251 e. The van der Waals surface area contributed by atoms with Crippen LogP contribution >= 0.6 is 0 Å². The fraction of sp³-hybridized carbons (Fsp3) is 0.467. The van der Waals surface area contributed by atoms with Crippen molar-refractivity contribution in [3.05, 3.63) is 39.8 Å². The lowest BCUT2D eigenvalue weighted by Crippen LogP contribution is -2.22. The van der Waals surface area contributed by atoms with E-state index in [0.717, 1.165) is 24.4 Å². The molecule has 0 radical (unpaired) electrons. The van der Waals surface area contributed by atoms with Crippen LogP contribution in [0.25, 0.3) is 12.2 Å². The second-order valence-electron chi connectivity index (χ2n) is 6.42. The molecule has 1 saturated carbocycles. The van der Waals surface area contributed by atoms with Crippen molar-refractivity contribution in [1.82, 2.24) is 25.0 Å². The van der Waals surface area contributed by atoms with E-state index in [-0.39, 0.29) is 11.1 Å². The lowest BCUT2D eigenvalue weighted by molar-refractivity contribution is 0.347. The molecule has 2 heterocycles. The van der Waals surface area contributed by atoms with Crippen molar-refractivity contribution in [2.24, 2.45) is 0 Å². The number of aromatic nitrogens is 5. The lowest BCUT2D eigenvalue weighted by Gasteiger charge is -2.17. The van der Waals surface area contributed by atoms with E-state index >= 15 is 0 Å². The van der Waals surface area contributed by atoms with Crippen LogP contribution in [0.5, 0.6) is 0 Å². The van der Waals surface area contributed by atoms with Crippen molar-refractivity contribution in [3.63, 3.8) is 0 Å². The van der Waals surface area contributed by atoms with Crippen molar-refractivity contribution < 1.29 is 0 Å². The van der Waals surface area contributed by atoms with Crippen LogP contribution in [0.2, 0.25) is 0 Å². The zero-order valence-corrected chi connectivity index (χ0v) is 12.5.